The molecule has 0 radical (unpaired) electrons. The van der Waals surface area contributed by atoms with E-state index in [4.69, 9.17) is 19.4 Å². The van der Waals surface area contributed by atoms with Crippen LogP contribution in [-0.2, 0) is 6.54 Å². The number of anilines is 2. The summed E-state index contributed by atoms with van der Waals surface area (Å²) in [5.41, 5.74) is 1.21. The molecule has 10 nitrogen and oxygen atoms in total. The first-order chi connectivity index (χ1) is 19.2. The lowest BCUT2D eigenvalue weighted by Gasteiger charge is -2.47. The first-order valence-electron chi connectivity index (χ1n) is 14.2. The molecular formula is C29H40N8O2. The quantitative estimate of drug-likeness (QED) is 0.369. The van der Waals surface area contributed by atoms with Gasteiger partial charge >= 0.3 is 0 Å². The monoisotopic (exact) mass is 532 g/mol. The van der Waals surface area contributed by atoms with Crippen LogP contribution in [-0.4, -0.2) is 76.3 Å². The third kappa shape index (κ3) is 6.93. The average Bonchev–Trinajstić information content (AvgIpc) is 2.98. The van der Waals surface area contributed by atoms with Gasteiger partial charge in [-0.1, -0.05) is 0 Å². The van der Waals surface area contributed by atoms with Crippen molar-refractivity contribution in [1.82, 2.24) is 30.2 Å². The highest BCUT2D eigenvalue weighted by Crippen LogP contribution is 2.30. The zero-order chi connectivity index (χ0) is 26.9. The van der Waals surface area contributed by atoms with Crippen LogP contribution in [0.1, 0.15) is 45.1 Å². The second-order valence-electron chi connectivity index (χ2n) is 9.95. The summed E-state index contributed by atoms with van der Waals surface area (Å²) in [5.74, 6) is 3.13. The number of nitrogens with one attached hydrogen (secondary N) is 1. The minimum atomic E-state index is 0.232. The van der Waals surface area contributed by atoms with Gasteiger partial charge in [0.25, 0.3) is 0 Å². The van der Waals surface area contributed by atoms with Gasteiger partial charge in [0.15, 0.2) is 0 Å². The summed E-state index contributed by atoms with van der Waals surface area (Å²) in [6.45, 7) is 10.0. The number of hydrogen-bond acceptors (Lipinski definition) is 10. The van der Waals surface area contributed by atoms with E-state index in [2.05, 4.69) is 42.3 Å². The summed E-state index contributed by atoms with van der Waals surface area (Å²) in [4.78, 5) is 21.3. The van der Waals surface area contributed by atoms with E-state index in [0.717, 1.165) is 69.9 Å². The van der Waals surface area contributed by atoms with Crippen molar-refractivity contribution in [2.24, 2.45) is 0 Å². The van der Waals surface area contributed by atoms with Crippen molar-refractivity contribution in [2.45, 2.75) is 58.2 Å². The van der Waals surface area contributed by atoms with E-state index in [9.17, 15) is 0 Å². The Morgan fingerprint density at radius 2 is 1.23 bits per heavy atom. The van der Waals surface area contributed by atoms with Crippen LogP contribution >= 0.6 is 0 Å². The van der Waals surface area contributed by atoms with Crippen molar-refractivity contribution in [1.29, 1.82) is 0 Å². The molecule has 5 rings (SSSR count). The number of nitrogens with zero attached hydrogens (tertiary/aromatic N) is 7. The van der Waals surface area contributed by atoms with E-state index < -0.39 is 0 Å². The van der Waals surface area contributed by atoms with Gasteiger partial charge in [0.05, 0.1) is 25.3 Å². The van der Waals surface area contributed by atoms with Crippen LogP contribution in [0.4, 0.5) is 11.9 Å². The SMILES string of the molecule is CCOc1cc(CN2CCC(N(c3ncccn3)N(c3ncccn3)C3CCNCC3)CC2)cc(OCC)c1. The maximum Gasteiger partial charge on any atom is 0.244 e. The van der Waals surface area contributed by atoms with Crippen LogP contribution in [0.25, 0.3) is 0 Å². The molecule has 4 heterocycles. The van der Waals surface area contributed by atoms with Crippen LogP contribution in [0.3, 0.4) is 0 Å². The van der Waals surface area contributed by atoms with E-state index >= 15 is 0 Å². The molecule has 208 valence electrons. The second kappa shape index (κ2) is 13.5. The van der Waals surface area contributed by atoms with Gasteiger partial charge in [-0.3, -0.25) is 4.90 Å². The van der Waals surface area contributed by atoms with Crippen LogP contribution in [0.2, 0.25) is 0 Å². The molecular weight excluding hydrogens is 492 g/mol. The number of ether oxygens (including phenoxy) is 2. The molecule has 2 saturated heterocycles. The molecule has 0 saturated carbocycles. The Kier molecular flexibility index (Phi) is 9.39. The van der Waals surface area contributed by atoms with Crippen LogP contribution in [0.5, 0.6) is 11.5 Å². The molecule has 0 bridgehead atoms. The molecule has 3 aromatic rings. The normalized spacial score (nSPS) is 17.1. The topological polar surface area (TPSA) is 91.8 Å². The zero-order valence-corrected chi connectivity index (χ0v) is 23.1. The molecule has 1 aromatic carbocycles. The third-order valence-corrected chi connectivity index (χ3v) is 7.27. The minimum Gasteiger partial charge on any atom is -0.494 e. The molecule has 10 heteroatoms. The Balaban J connectivity index is 1.36. The number of hydrazine groups is 1. The third-order valence-electron chi connectivity index (χ3n) is 7.27. The number of aromatic nitrogens is 4. The smallest absolute Gasteiger partial charge is 0.244 e. The molecule has 0 spiro atoms. The van der Waals surface area contributed by atoms with Gasteiger partial charge in [0.2, 0.25) is 11.9 Å². The largest absolute Gasteiger partial charge is 0.494 e. The molecule has 0 atom stereocenters. The van der Waals surface area contributed by atoms with Crippen LogP contribution in [0.15, 0.2) is 55.1 Å². The highest BCUT2D eigenvalue weighted by Gasteiger charge is 2.36. The number of rotatable bonds is 11. The van der Waals surface area contributed by atoms with Crippen LogP contribution < -0.4 is 24.8 Å². The molecule has 2 aromatic heterocycles. The van der Waals surface area contributed by atoms with Crippen molar-refractivity contribution in [3.63, 3.8) is 0 Å². The lowest BCUT2D eigenvalue weighted by atomic mass is 10.0. The van der Waals surface area contributed by atoms with E-state index in [1.165, 1.54) is 5.56 Å². The molecule has 2 aliphatic rings. The Morgan fingerprint density at radius 3 is 1.72 bits per heavy atom. The van der Waals surface area contributed by atoms with E-state index in [1.54, 1.807) is 0 Å². The van der Waals surface area contributed by atoms with Gasteiger partial charge in [0, 0.05) is 50.5 Å². The maximum absolute atomic E-state index is 5.81. The molecule has 2 fully saturated rings. The standard InChI is InChI=1S/C29H40N8O2/c1-3-38-26-19-23(20-27(21-26)39-4-2)22-35-17-9-25(10-18-35)37(29-33-13-6-14-34-29)36(24-7-15-30-16-8-24)28-31-11-5-12-32-28/h5-6,11-14,19-21,24-25,30H,3-4,7-10,15-18,22H2,1-2H3. The average molecular weight is 533 g/mol. The predicted molar refractivity (Wildman–Crippen MR) is 152 cm³/mol. The van der Waals surface area contributed by atoms with Crippen molar-refractivity contribution in [2.75, 3.05) is 49.4 Å². The summed E-state index contributed by atoms with van der Waals surface area (Å²) < 4.78 is 11.6. The summed E-state index contributed by atoms with van der Waals surface area (Å²) in [5, 5.41) is 8.05. The summed E-state index contributed by atoms with van der Waals surface area (Å²) >= 11 is 0. The molecule has 39 heavy (non-hydrogen) atoms. The van der Waals surface area contributed by atoms with E-state index in [-0.39, 0.29) is 12.1 Å². The summed E-state index contributed by atoms with van der Waals surface area (Å²) in [7, 11) is 0. The predicted octanol–water partition coefficient (Wildman–Crippen LogP) is 3.71. The number of piperidine rings is 2. The number of benzene rings is 1. The summed E-state index contributed by atoms with van der Waals surface area (Å²) in [6, 6.07) is 10.5. The second-order valence-corrected chi connectivity index (χ2v) is 9.95. The number of likely N-dealkylation sites (tertiary alicyclic amines) is 1. The van der Waals surface area contributed by atoms with Crippen molar-refractivity contribution < 1.29 is 9.47 Å². The van der Waals surface area contributed by atoms with Crippen molar-refractivity contribution >= 4 is 11.9 Å². The van der Waals surface area contributed by atoms with Gasteiger partial charge in [0.1, 0.15) is 11.5 Å². The first kappa shape index (κ1) is 27.1. The van der Waals surface area contributed by atoms with Gasteiger partial charge in [-0.25, -0.2) is 30.0 Å². The van der Waals surface area contributed by atoms with Crippen molar-refractivity contribution in [3.8, 4) is 11.5 Å². The van der Waals surface area contributed by atoms with Gasteiger partial charge in [-0.15, -0.1) is 0 Å². The molecule has 1 N–H and O–H groups in total. The van der Waals surface area contributed by atoms with Crippen molar-refractivity contribution in [3.05, 3.63) is 60.7 Å². The molecule has 0 aliphatic carbocycles. The fraction of sp³-hybridized carbons (Fsp3) is 0.517. The Bertz CT molecular complexity index is 1110. The maximum atomic E-state index is 5.81. The summed E-state index contributed by atoms with van der Waals surface area (Å²) in [6.07, 6.45) is 11.3. The van der Waals surface area contributed by atoms with E-state index in [1.807, 2.05) is 56.8 Å². The highest BCUT2D eigenvalue weighted by molar-refractivity contribution is 5.46. The molecule has 0 amide bonds. The van der Waals surface area contributed by atoms with E-state index in [0.29, 0.717) is 25.1 Å². The lowest BCUT2D eigenvalue weighted by Crippen LogP contribution is -2.59. The number of hydrogen-bond donors (Lipinski definition) is 1. The Labute approximate surface area is 231 Å². The fourth-order valence-electron chi connectivity index (χ4n) is 5.54. The fourth-order valence-corrected chi connectivity index (χ4v) is 5.54. The minimum absolute atomic E-state index is 0.232. The molecule has 2 aliphatic heterocycles. The lowest BCUT2D eigenvalue weighted by molar-refractivity contribution is 0.196. The zero-order valence-electron chi connectivity index (χ0n) is 23.1. The van der Waals surface area contributed by atoms with Gasteiger partial charge in [-0.05, 0) is 82.4 Å². The van der Waals surface area contributed by atoms with Gasteiger partial charge < -0.3 is 14.8 Å². The van der Waals surface area contributed by atoms with Crippen LogP contribution in [0, 0.1) is 0 Å². The highest BCUT2D eigenvalue weighted by atomic mass is 16.5. The Hall–Kier alpha value is -3.50. The van der Waals surface area contributed by atoms with Gasteiger partial charge in [-0.2, -0.15) is 0 Å². The first-order valence-corrected chi connectivity index (χ1v) is 14.2. The molecule has 0 unspecified atom stereocenters. The Morgan fingerprint density at radius 1 is 0.744 bits per heavy atom.